The maximum absolute atomic E-state index is 13.7. The van der Waals surface area contributed by atoms with E-state index in [4.69, 9.17) is 4.74 Å². The average Bonchev–Trinajstić information content (AvgIpc) is 2.50. The molecule has 0 aliphatic rings. The molecule has 110 valence electrons. The van der Waals surface area contributed by atoms with Gasteiger partial charge in [0.25, 0.3) is 5.91 Å². The number of carbonyl (C=O) groups is 1. The molecule has 2 rings (SSSR count). The molecule has 6 heteroatoms. The van der Waals surface area contributed by atoms with Crippen molar-refractivity contribution in [3.8, 4) is 5.75 Å². The Hall–Kier alpha value is -2.63. The number of nitrogens with zero attached hydrogens (tertiary/aromatic N) is 1. The van der Waals surface area contributed by atoms with Crippen molar-refractivity contribution in [2.75, 3.05) is 24.3 Å². The van der Waals surface area contributed by atoms with E-state index in [2.05, 4.69) is 15.6 Å². The van der Waals surface area contributed by atoms with Crippen molar-refractivity contribution in [1.82, 2.24) is 4.98 Å². The predicted molar refractivity (Wildman–Crippen MR) is 79.3 cm³/mol. The Labute approximate surface area is 122 Å². The highest BCUT2D eigenvalue weighted by Gasteiger charge is 2.14. The van der Waals surface area contributed by atoms with E-state index in [0.29, 0.717) is 23.7 Å². The summed E-state index contributed by atoms with van der Waals surface area (Å²) < 4.78 is 18.7. The lowest BCUT2D eigenvalue weighted by atomic mass is 10.2. The molecule has 0 fully saturated rings. The average molecular weight is 289 g/mol. The molecule has 0 bridgehead atoms. The molecule has 1 aromatic heterocycles. The van der Waals surface area contributed by atoms with E-state index < -0.39 is 11.7 Å². The molecule has 0 spiro atoms. The van der Waals surface area contributed by atoms with Crippen LogP contribution in [0.4, 0.5) is 15.9 Å². The van der Waals surface area contributed by atoms with Crippen LogP contribution in [0.25, 0.3) is 0 Å². The molecule has 0 saturated carbocycles. The van der Waals surface area contributed by atoms with Crippen LogP contribution in [-0.4, -0.2) is 24.5 Å². The van der Waals surface area contributed by atoms with E-state index in [9.17, 15) is 9.18 Å². The van der Waals surface area contributed by atoms with E-state index in [0.717, 1.165) is 0 Å². The van der Waals surface area contributed by atoms with Gasteiger partial charge in [0.15, 0.2) is 0 Å². The summed E-state index contributed by atoms with van der Waals surface area (Å²) in [7, 11) is 1.48. The molecule has 5 nitrogen and oxygen atoms in total. The van der Waals surface area contributed by atoms with Crippen LogP contribution >= 0.6 is 0 Å². The van der Waals surface area contributed by atoms with Gasteiger partial charge >= 0.3 is 0 Å². The quantitative estimate of drug-likeness (QED) is 0.888. The number of rotatable bonds is 5. The number of methoxy groups -OCH3 is 1. The van der Waals surface area contributed by atoms with E-state index >= 15 is 0 Å². The highest BCUT2D eigenvalue weighted by molar-refractivity contribution is 6.07. The molecule has 1 amide bonds. The van der Waals surface area contributed by atoms with E-state index in [-0.39, 0.29) is 5.69 Å². The minimum absolute atomic E-state index is 0.0608. The molecular weight excluding hydrogens is 273 g/mol. The minimum Gasteiger partial charge on any atom is -0.497 e. The van der Waals surface area contributed by atoms with E-state index in [1.54, 1.807) is 18.3 Å². The van der Waals surface area contributed by atoms with E-state index in [1.165, 1.54) is 25.3 Å². The smallest absolute Gasteiger partial charge is 0.259 e. The first-order chi connectivity index (χ1) is 10.2. The Kier molecular flexibility index (Phi) is 4.71. The Morgan fingerprint density at radius 1 is 1.38 bits per heavy atom. The van der Waals surface area contributed by atoms with E-state index in [1.807, 2.05) is 6.92 Å². The number of anilines is 2. The van der Waals surface area contributed by atoms with Gasteiger partial charge in [-0.3, -0.25) is 4.79 Å². The van der Waals surface area contributed by atoms with Crippen molar-refractivity contribution < 1.29 is 13.9 Å². The lowest BCUT2D eigenvalue weighted by molar-refractivity contribution is 0.102. The van der Waals surface area contributed by atoms with Gasteiger partial charge < -0.3 is 15.4 Å². The summed E-state index contributed by atoms with van der Waals surface area (Å²) in [6, 6.07) is 7.43. The number of ether oxygens (including phenoxy) is 1. The largest absolute Gasteiger partial charge is 0.497 e. The standard InChI is InChI=1S/C15H16FN3O2/c1-3-17-14-11(5-4-8-18-14)15(20)19-13-9-10(21-2)6-7-12(13)16/h4-9H,3H2,1-2H3,(H,17,18)(H,19,20). The number of aromatic nitrogens is 1. The number of amides is 1. The third-order valence-electron chi connectivity index (χ3n) is 2.82. The number of hydrogen-bond acceptors (Lipinski definition) is 4. The fraction of sp³-hybridized carbons (Fsp3) is 0.200. The SMILES string of the molecule is CCNc1ncccc1C(=O)Nc1cc(OC)ccc1F. The van der Waals surface area contributed by atoms with Crippen LogP contribution in [0.1, 0.15) is 17.3 Å². The van der Waals surface area contributed by atoms with Gasteiger partial charge in [-0.2, -0.15) is 0 Å². The van der Waals surface area contributed by atoms with Crippen molar-refractivity contribution in [3.63, 3.8) is 0 Å². The molecule has 21 heavy (non-hydrogen) atoms. The molecular formula is C15H16FN3O2. The van der Waals surface area contributed by atoms with Gasteiger partial charge in [0.2, 0.25) is 0 Å². The molecule has 0 aliphatic heterocycles. The van der Waals surface area contributed by atoms with Crippen LogP contribution in [-0.2, 0) is 0 Å². The maximum Gasteiger partial charge on any atom is 0.259 e. The summed E-state index contributed by atoms with van der Waals surface area (Å²) in [5.41, 5.74) is 0.409. The molecule has 0 radical (unpaired) electrons. The predicted octanol–water partition coefficient (Wildman–Crippen LogP) is 2.91. The van der Waals surface area contributed by atoms with Crippen molar-refractivity contribution in [1.29, 1.82) is 0 Å². The maximum atomic E-state index is 13.7. The van der Waals surface area contributed by atoms with Crippen LogP contribution in [0.15, 0.2) is 36.5 Å². The number of benzene rings is 1. The second-order valence-electron chi connectivity index (χ2n) is 4.23. The molecule has 1 aromatic carbocycles. The summed E-state index contributed by atoms with van der Waals surface area (Å²) >= 11 is 0. The normalized spacial score (nSPS) is 10.0. The monoisotopic (exact) mass is 289 g/mol. The highest BCUT2D eigenvalue weighted by atomic mass is 19.1. The summed E-state index contributed by atoms with van der Waals surface area (Å²) in [4.78, 5) is 16.4. The summed E-state index contributed by atoms with van der Waals surface area (Å²) in [5, 5.41) is 5.52. The fourth-order valence-electron chi connectivity index (χ4n) is 1.81. The first-order valence-electron chi connectivity index (χ1n) is 6.49. The van der Waals surface area contributed by atoms with Crippen LogP contribution in [0.5, 0.6) is 5.75 Å². The van der Waals surface area contributed by atoms with Gasteiger partial charge in [0, 0.05) is 18.8 Å². The Morgan fingerprint density at radius 3 is 2.90 bits per heavy atom. The van der Waals surface area contributed by atoms with Crippen LogP contribution in [0, 0.1) is 5.82 Å². The lowest BCUT2D eigenvalue weighted by Gasteiger charge is -2.11. The second-order valence-corrected chi connectivity index (χ2v) is 4.23. The molecule has 1 heterocycles. The van der Waals surface area contributed by atoms with Crippen molar-refractivity contribution >= 4 is 17.4 Å². The topological polar surface area (TPSA) is 63.2 Å². The van der Waals surface area contributed by atoms with Gasteiger partial charge in [0.1, 0.15) is 17.4 Å². The molecule has 2 aromatic rings. The van der Waals surface area contributed by atoms with Crippen LogP contribution in [0.2, 0.25) is 0 Å². The first-order valence-corrected chi connectivity index (χ1v) is 6.49. The number of pyridine rings is 1. The molecule has 0 saturated heterocycles. The third kappa shape index (κ3) is 3.47. The van der Waals surface area contributed by atoms with Crippen LogP contribution < -0.4 is 15.4 Å². The molecule has 0 atom stereocenters. The Bertz CT molecular complexity index is 647. The summed E-state index contributed by atoms with van der Waals surface area (Å²) in [6.45, 7) is 2.53. The van der Waals surface area contributed by atoms with Gasteiger partial charge in [-0.05, 0) is 31.2 Å². The highest BCUT2D eigenvalue weighted by Crippen LogP contribution is 2.22. The van der Waals surface area contributed by atoms with Gasteiger partial charge in [0.05, 0.1) is 18.4 Å². The van der Waals surface area contributed by atoms with Crippen molar-refractivity contribution in [2.24, 2.45) is 0 Å². The van der Waals surface area contributed by atoms with Crippen molar-refractivity contribution in [3.05, 3.63) is 47.9 Å². The number of carbonyl (C=O) groups excluding carboxylic acids is 1. The number of nitrogens with one attached hydrogen (secondary N) is 2. The fourth-order valence-corrected chi connectivity index (χ4v) is 1.81. The van der Waals surface area contributed by atoms with Crippen molar-refractivity contribution in [2.45, 2.75) is 6.92 Å². The zero-order valence-electron chi connectivity index (χ0n) is 11.8. The molecule has 0 unspecified atom stereocenters. The lowest BCUT2D eigenvalue weighted by Crippen LogP contribution is -2.16. The van der Waals surface area contributed by atoms with Crippen LogP contribution in [0.3, 0.4) is 0 Å². The Balaban J connectivity index is 2.26. The zero-order valence-corrected chi connectivity index (χ0v) is 11.8. The Morgan fingerprint density at radius 2 is 2.19 bits per heavy atom. The van der Waals surface area contributed by atoms with Gasteiger partial charge in [-0.15, -0.1) is 0 Å². The van der Waals surface area contributed by atoms with Gasteiger partial charge in [-0.25, -0.2) is 9.37 Å². The number of hydrogen-bond donors (Lipinski definition) is 2. The third-order valence-corrected chi connectivity index (χ3v) is 2.82. The summed E-state index contributed by atoms with van der Waals surface area (Å²) in [6.07, 6.45) is 1.58. The zero-order chi connectivity index (χ0) is 15.2. The minimum atomic E-state index is -0.530. The summed E-state index contributed by atoms with van der Waals surface area (Å²) in [5.74, 6) is -0.0464. The second kappa shape index (κ2) is 6.69. The molecule has 0 aliphatic carbocycles. The molecule has 2 N–H and O–H groups in total. The number of halogens is 1. The van der Waals surface area contributed by atoms with Gasteiger partial charge in [-0.1, -0.05) is 0 Å². The first kappa shape index (κ1) is 14.8.